The summed E-state index contributed by atoms with van der Waals surface area (Å²) in [4.78, 5) is 21.4. The van der Waals surface area contributed by atoms with Gasteiger partial charge in [-0.15, -0.1) is 0 Å². The normalized spacial score (nSPS) is 11.1. The van der Waals surface area contributed by atoms with Gasteiger partial charge in [0.2, 0.25) is 5.95 Å². The summed E-state index contributed by atoms with van der Waals surface area (Å²) in [6.45, 7) is 0. The van der Waals surface area contributed by atoms with Crippen LogP contribution in [0.25, 0.3) is 33.3 Å². The summed E-state index contributed by atoms with van der Waals surface area (Å²) in [6.07, 6.45) is 3.45. The van der Waals surface area contributed by atoms with Crippen molar-refractivity contribution in [2.45, 2.75) is 0 Å². The number of pyridine rings is 1. The molecule has 29 heavy (non-hydrogen) atoms. The quantitative estimate of drug-likeness (QED) is 0.441. The number of methoxy groups -OCH3 is 1. The average molecular weight is 403 g/mol. The molecule has 2 N–H and O–H groups in total. The Kier molecular flexibility index (Phi) is 4.22. The number of hydrogen-bond acceptors (Lipinski definition) is 6. The molecule has 142 valence electrons. The van der Waals surface area contributed by atoms with Gasteiger partial charge in [-0.25, -0.2) is 15.0 Å². The van der Waals surface area contributed by atoms with Crippen LogP contribution in [0.1, 0.15) is 0 Å². The summed E-state index contributed by atoms with van der Waals surface area (Å²) < 4.78 is 5.37. The first-order valence-electron chi connectivity index (χ1n) is 8.88. The zero-order valence-electron chi connectivity index (χ0n) is 15.3. The molecule has 7 nitrogen and oxygen atoms in total. The summed E-state index contributed by atoms with van der Waals surface area (Å²) in [6, 6.07) is 15.0. The molecule has 0 aliphatic rings. The van der Waals surface area contributed by atoms with E-state index in [1.54, 1.807) is 25.6 Å². The van der Waals surface area contributed by atoms with Crippen molar-refractivity contribution in [2.75, 3.05) is 12.4 Å². The van der Waals surface area contributed by atoms with E-state index in [9.17, 15) is 0 Å². The Bertz CT molecular complexity index is 1340. The number of fused-ring (bicyclic) bond motifs is 2. The highest BCUT2D eigenvalue weighted by molar-refractivity contribution is 6.31. The minimum atomic E-state index is 0.558. The van der Waals surface area contributed by atoms with Gasteiger partial charge in [0, 0.05) is 28.4 Å². The Balaban J connectivity index is 1.66. The van der Waals surface area contributed by atoms with Gasteiger partial charge in [0.25, 0.3) is 0 Å². The monoisotopic (exact) mass is 402 g/mol. The number of imidazole rings is 1. The zero-order chi connectivity index (χ0) is 19.8. The van der Waals surface area contributed by atoms with Crippen LogP contribution in [0, 0.1) is 0 Å². The van der Waals surface area contributed by atoms with Crippen LogP contribution < -0.4 is 10.1 Å². The number of aromatic amines is 1. The lowest BCUT2D eigenvalue weighted by atomic mass is 10.2. The molecule has 0 aliphatic carbocycles. The molecule has 0 fully saturated rings. The van der Waals surface area contributed by atoms with E-state index >= 15 is 0 Å². The number of nitrogens with one attached hydrogen (secondary N) is 2. The number of ether oxygens (including phenoxy) is 1. The van der Waals surface area contributed by atoms with Crippen LogP contribution >= 0.6 is 11.6 Å². The van der Waals surface area contributed by atoms with Crippen LogP contribution in [0.3, 0.4) is 0 Å². The van der Waals surface area contributed by atoms with Gasteiger partial charge in [-0.2, -0.15) is 0 Å². The van der Waals surface area contributed by atoms with Gasteiger partial charge in [-0.3, -0.25) is 4.98 Å². The molecule has 2 aromatic carbocycles. The standard InChI is InChI=1S/C21H15ClN6O/c1-29-14-5-7-16-15(10-14)20(27-19(24-16)12-3-2-8-23-11-12)28-21-25-17-6-4-13(22)9-18(17)26-21/h2-11H,1H3,(H2,24,25,26,27,28). The number of hydrogen-bond donors (Lipinski definition) is 2. The van der Waals surface area contributed by atoms with Crippen LogP contribution in [0.15, 0.2) is 60.9 Å². The number of rotatable bonds is 4. The fourth-order valence-corrected chi connectivity index (χ4v) is 3.27. The summed E-state index contributed by atoms with van der Waals surface area (Å²) >= 11 is 6.07. The molecule has 5 rings (SSSR count). The number of halogens is 1. The van der Waals surface area contributed by atoms with Gasteiger partial charge in [-0.05, 0) is 48.5 Å². The summed E-state index contributed by atoms with van der Waals surface area (Å²) in [5.74, 6) is 2.45. The van der Waals surface area contributed by atoms with Crippen molar-refractivity contribution in [1.29, 1.82) is 0 Å². The first-order chi connectivity index (χ1) is 14.2. The van der Waals surface area contributed by atoms with E-state index in [0.29, 0.717) is 22.6 Å². The lowest BCUT2D eigenvalue weighted by Crippen LogP contribution is -2.01. The Hall–Kier alpha value is -3.71. The molecule has 0 radical (unpaired) electrons. The predicted octanol–water partition coefficient (Wildman–Crippen LogP) is 4.97. The Labute approximate surface area is 170 Å². The lowest BCUT2D eigenvalue weighted by Gasteiger charge is -2.10. The fourth-order valence-electron chi connectivity index (χ4n) is 3.10. The van der Waals surface area contributed by atoms with Crippen LogP contribution in [-0.4, -0.2) is 32.0 Å². The number of H-pyrrole nitrogens is 1. The molecule has 3 heterocycles. The molecular formula is C21H15ClN6O. The smallest absolute Gasteiger partial charge is 0.206 e. The van der Waals surface area contributed by atoms with Crippen molar-refractivity contribution in [3.8, 4) is 17.1 Å². The van der Waals surface area contributed by atoms with Gasteiger partial charge < -0.3 is 15.0 Å². The maximum absolute atomic E-state index is 6.07. The molecule has 0 bridgehead atoms. The van der Waals surface area contributed by atoms with Crippen LogP contribution in [0.5, 0.6) is 5.75 Å². The summed E-state index contributed by atoms with van der Waals surface area (Å²) in [5, 5.41) is 4.73. The third-order valence-corrected chi connectivity index (χ3v) is 4.74. The van der Waals surface area contributed by atoms with Crippen molar-refractivity contribution >= 4 is 45.3 Å². The van der Waals surface area contributed by atoms with E-state index < -0.39 is 0 Å². The largest absolute Gasteiger partial charge is 0.497 e. The molecule has 0 amide bonds. The molecule has 0 unspecified atom stereocenters. The Morgan fingerprint density at radius 1 is 1.00 bits per heavy atom. The van der Waals surface area contributed by atoms with Crippen molar-refractivity contribution < 1.29 is 4.74 Å². The molecular weight excluding hydrogens is 388 g/mol. The van der Waals surface area contributed by atoms with Crippen LogP contribution in [-0.2, 0) is 0 Å². The first kappa shape index (κ1) is 17.4. The van der Waals surface area contributed by atoms with E-state index in [-0.39, 0.29) is 0 Å². The van der Waals surface area contributed by atoms with E-state index in [1.165, 1.54) is 0 Å². The molecule has 0 saturated carbocycles. The molecule has 0 aliphatic heterocycles. The highest BCUT2D eigenvalue weighted by atomic mass is 35.5. The summed E-state index contributed by atoms with van der Waals surface area (Å²) in [5.41, 5.74) is 3.25. The topological polar surface area (TPSA) is 88.6 Å². The van der Waals surface area contributed by atoms with Crippen molar-refractivity contribution in [3.05, 3.63) is 65.9 Å². The predicted molar refractivity (Wildman–Crippen MR) is 114 cm³/mol. The highest BCUT2D eigenvalue weighted by Gasteiger charge is 2.13. The number of nitrogens with zero attached hydrogens (tertiary/aromatic N) is 4. The number of benzene rings is 2. The van der Waals surface area contributed by atoms with Crippen LogP contribution in [0.2, 0.25) is 5.02 Å². The SMILES string of the molecule is COc1ccc2nc(-c3cccnc3)nc(Nc3nc4cc(Cl)ccc4[nH]3)c2c1. The van der Waals surface area contributed by atoms with E-state index in [2.05, 4.69) is 25.3 Å². The second-order valence-electron chi connectivity index (χ2n) is 6.39. The van der Waals surface area contributed by atoms with Gasteiger partial charge in [0.15, 0.2) is 5.82 Å². The van der Waals surface area contributed by atoms with Crippen LogP contribution in [0.4, 0.5) is 11.8 Å². The minimum absolute atomic E-state index is 0.558. The molecule has 0 saturated heterocycles. The Morgan fingerprint density at radius 2 is 1.93 bits per heavy atom. The average Bonchev–Trinajstić information content (AvgIpc) is 3.15. The van der Waals surface area contributed by atoms with Gasteiger partial charge in [0.1, 0.15) is 11.6 Å². The number of anilines is 2. The third-order valence-electron chi connectivity index (χ3n) is 4.50. The van der Waals surface area contributed by atoms with Crippen molar-refractivity contribution in [1.82, 2.24) is 24.9 Å². The first-order valence-corrected chi connectivity index (χ1v) is 9.26. The second-order valence-corrected chi connectivity index (χ2v) is 6.83. The third kappa shape index (κ3) is 3.32. The maximum Gasteiger partial charge on any atom is 0.206 e. The minimum Gasteiger partial charge on any atom is -0.497 e. The van der Waals surface area contributed by atoms with E-state index in [4.69, 9.17) is 21.3 Å². The van der Waals surface area contributed by atoms with E-state index in [0.717, 1.165) is 33.2 Å². The van der Waals surface area contributed by atoms with E-state index in [1.807, 2.05) is 42.5 Å². The summed E-state index contributed by atoms with van der Waals surface area (Å²) in [7, 11) is 1.63. The van der Waals surface area contributed by atoms with Gasteiger partial charge in [0.05, 0.1) is 23.7 Å². The van der Waals surface area contributed by atoms with Gasteiger partial charge in [-0.1, -0.05) is 11.6 Å². The maximum atomic E-state index is 6.07. The second kappa shape index (κ2) is 7.03. The van der Waals surface area contributed by atoms with Crippen molar-refractivity contribution in [2.24, 2.45) is 0 Å². The molecule has 0 atom stereocenters. The van der Waals surface area contributed by atoms with Gasteiger partial charge >= 0.3 is 0 Å². The lowest BCUT2D eigenvalue weighted by molar-refractivity contribution is 0.415. The molecule has 5 aromatic rings. The number of aromatic nitrogens is 5. The molecule has 8 heteroatoms. The fraction of sp³-hybridized carbons (Fsp3) is 0.0476. The van der Waals surface area contributed by atoms with Crippen molar-refractivity contribution in [3.63, 3.8) is 0 Å². The zero-order valence-corrected chi connectivity index (χ0v) is 16.1. The Morgan fingerprint density at radius 3 is 2.76 bits per heavy atom. The molecule has 3 aromatic heterocycles. The molecule has 0 spiro atoms. The highest BCUT2D eigenvalue weighted by Crippen LogP contribution is 2.30.